The topological polar surface area (TPSA) is 79.5 Å². The van der Waals surface area contributed by atoms with E-state index in [9.17, 15) is 9.59 Å². The SMILES string of the molecule is O=C(NC1(C(=O)NCCNc2cccc(Cl)c2)CCCCC1)OCc1ccccc1. The van der Waals surface area contributed by atoms with Gasteiger partial charge >= 0.3 is 6.09 Å². The lowest BCUT2D eigenvalue weighted by atomic mass is 9.81. The maximum atomic E-state index is 13.0. The highest BCUT2D eigenvalue weighted by molar-refractivity contribution is 6.30. The van der Waals surface area contributed by atoms with E-state index in [1.165, 1.54) is 0 Å². The van der Waals surface area contributed by atoms with Gasteiger partial charge in [0.2, 0.25) is 5.91 Å². The van der Waals surface area contributed by atoms with Gasteiger partial charge in [-0.3, -0.25) is 4.79 Å². The molecule has 30 heavy (non-hydrogen) atoms. The number of ether oxygens (including phenoxy) is 1. The number of alkyl carbamates (subject to hydrolysis) is 1. The molecular weight excluding hydrogens is 402 g/mol. The fraction of sp³-hybridized carbons (Fsp3) is 0.391. The molecule has 0 saturated heterocycles. The number of amides is 2. The molecule has 2 aromatic carbocycles. The zero-order valence-corrected chi connectivity index (χ0v) is 17.7. The van der Waals surface area contributed by atoms with Gasteiger partial charge in [0.1, 0.15) is 12.1 Å². The molecule has 0 atom stereocenters. The van der Waals surface area contributed by atoms with Crippen molar-refractivity contribution in [3.63, 3.8) is 0 Å². The first kappa shape index (κ1) is 22.0. The average Bonchev–Trinajstić information content (AvgIpc) is 2.76. The van der Waals surface area contributed by atoms with Crippen LogP contribution in [-0.4, -0.2) is 30.6 Å². The molecule has 3 rings (SSSR count). The number of rotatable bonds is 8. The van der Waals surface area contributed by atoms with Crippen molar-refractivity contribution in [1.82, 2.24) is 10.6 Å². The van der Waals surface area contributed by atoms with Gasteiger partial charge in [0.15, 0.2) is 0 Å². The lowest BCUT2D eigenvalue weighted by Gasteiger charge is -2.36. The summed E-state index contributed by atoms with van der Waals surface area (Å²) in [5.74, 6) is -0.160. The summed E-state index contributed by atoms with van der Waals surface area (Å²) in [6.45, 7) is 1.17. The van der Waals surface area contributed by atoms with E-state index >= 15 is 0 Å². The Kier molecular flexibility index (Phi) is 7.97. The predicted molar refractivity (Wildman–Crippen MR) is 119 cm³/mol. The number of hydrogen-bond acceptors (Lipinski definition) is 4. The van der Waals surface area contributed by atoms with Gasteiger partial charge in [-0.05, 0) is 36.6 Å². The smallest absolute Gasteiger partial charge is 0.408 e. The molecule has 7 heteroatoms. The molecule has 0 aliphatic heterocycles. The average molecular weight is 430 g/mol. The molecule has 160 valence electrons. The quantitative estimate of drug-likeness (QED) is 0.540. The van der Waals surface area contributed by atoms with Crippen LogP contribution in [0.5, 0.6) is 0 Å². The summed E-state index contributed by atoms with van der Waals surface area (Å²) in [4.78, 5) is 25.4. The molecule has 1 aliphatic carbocycles. The van der Waals surface area contributed by atoms with Gasteiger partial charge in [0, 0.05) is 23.8 Å². The van der Waals surface area contributed by atoms with Crippen LogP contribution in [0.2, 0.25) is 5.02 Å². The van der Waals surface area contributed by atoms with Crippen LogP contribution in [0.15, 0.2) is 54.6 Å². The van der Waals surface area contributed by atoms with Crippen LogP contribution in [0, 0.1) is 0 Å². The summed E-state index contributed by atoms with van der Waals surface area (Å²) in [7, 11) is 0. The summed E-state index contributed by atoms with van der Waals surface area (Å²) in [5.41, 5.74) is 0.885. The van der Waals surface area contributed by atoms with Gasteiger partial charge < -0.3 is 20.7 Å². The van der Waals surface area contributed by atoms with Crippen molar-refractivity contribution in [2.75, 3.05) is 18.4 Å². The Bertz CT molecular complexity index is 839. The zero-order valence-electron chi connectivity index (χ0n) is 17.0. The van der Waals surface area contributed by atoms with E-state index in [2.05, 4.69) is 16.0 Å². The second-order valence-electron chi connectivity index (χ2n) is 7.52. The molecule has 0 aromatic heterocycles. The highest BCUT2D eigenvalue weighted by atomic mass is 35.5. The highest BCUT2D eigenvalue weighted by Gasteiger charge is 2.41. The molecule has 1 saturated carbocycles. The third-order valence-electron chi connectivity index (χ3n) is 5.26. The number of benzene rings is 2. The molecule has 0 bridgehead atoms. The van der Waals surface area contributed by atoms with Crippen LogP contribution >= 0.6 is 11.6 Å². The maximum Gasteiger partial charge on any atom is 0.408 e. The van der Waals surface area contributed by atoms with Gasteiger partial charge in [-0.15, -0.1) is 0 Å². The van der Waals surface area contributed by atoms with Crippen LogP contribution < -0.4 is 16.0 Å². The molecular formula is C23H28ClN3O3. The van der Waals surface area contributed by atoms with Crippen molar-refractivity contribution in [2.24, 2.45) is 0 Å². The van der Waals surface area contributed by atoms with Crippen LogP contribution in [0.3, 0.4) is 0 Å². The predicted octanol–water partition coefficient (Wildman–Crippen LogP) is 4.50. The lowest BCUT2D eigenvalue weighted by Crippen LogP contribution is -2.60. The molecule has 1 fully saturated rings. The van der Waals surface area contributed by atoms with Crippen LogP contribution in [0.1, 0.15) is 37.7 Å². The molecule has 6 nitrogen and oxygen atoms in total. The van der Waals surface area contributed by atoms with E-state index in [0.717, 1.165) is 30.5 Å². The first-order valence-corrected chi connectivity index (χ1v) is 10.7. The number of carbonyl (C=O) groups excluding carboxylic acids is 2. The monoisotopic (exact) mass is 429 g/mol. The third kappa shape index (κ3) is 6.39. The minimum absolute atomic E-state index is 0.160. The molecule has 0 spiro atoms. The normalized spacial score (nSPS) is 15.1. The van der Waals surface area contributed by atoms with Gasteiger partial charge in [-0.25, -0.2) is 4.79 Å². The van der Waals surface area contributed by atoms with Gasteiger partial charge in [-0.1, -0.05) is 67.3 Å². The van der Waals surface area contributed by atoms with Crippen LogP contribution in [-0.2, 0) is 16.1 Å². The van der Waals surface area contributed by atoms with E-state index in [4.69, 9.17) is 16.3 Å². The molecule has 3 N–H and O–H groups in total. The second kappa shape index (κ2) is 10.9. The summed E-state index contributed by atoms with van der Waals surface area (Å²) in [5, 5.41) is 9.69. The van der Waals surface area contributed by atoms with E-state index in [-0.39, 0.29) is 12.5 Å². The number of hydrogen-bond donors (Lipinski definition) is 3. The number of carbonyl (C=O) groups is 2. The van der Waals surface area contributed by atoms with Gasteiger partial charge in [0.25, 0.3) is 0 Å². The largest absolute Gasteiger partial charge is 0.445 e. The summed E-state index contributed by atoms with van der Waals surface area (Å²) in [6, 6.07) is 16.9. The van der Waals surface area contributed by atoms with Gasteiger partial charge in [0.05, 0.1) is 0 Å². The van der Waals surface area contributed by atoms with Crippen LogP contribution in [0.4, 0.5) is 10.5 Å². The summed E-state index contributed by atoms with van der Waals surface area (Å²) < 4.78 is 5.35. The van der Waals surface area contributed by atoms with E-state index < -0.39 is 11.6 Å². The Morgan fingerprint density at radius 3 is 2.47 bits per heavy atom. The van der Waals surface area contributed by atoms with Crippen molar-refractivity contribution in [3.05, 3.63) is 65.2 Å². The lowest BCUT2D eigenvalue weighted by molar-refractivity contribution is -0.128. The first-order valence-electron chi connectivity index (χ1n) is 10.3. The van der Waals surface area contributed by atoms with E-state index in [1.807, 2.05) is 54.6 Å². The maximum absolute atomic E-state index is 13.0. The fourth-order valence-electron chi connectivity index (χ4n) is 3.67. The number of halogens is 1. The van der Waals surface area contributed by atoms with Crippen molar-refractivity contribution in [2.45, 2.75) is 44.2 Å². The summed E-state index contributed by atoms with van der Waals surface area (Å²) in [6.07, 6.45) is 3.52. The Morgan fingerprint density at radius 1 is 0.967 bits per heavy atom. The Labute approximate surface area is 182 Å². The number of anilines is 1. The minimum Gasteiger partial charge on any atom is -0.445 e. The first-order chi connectivity index (χ1) is 14.6. The summed E-state index contributed by atoms with van der Waals surface area (Å²) >= 11 is 5.98. The molecule has 1 aliphatic rings. The van der Waals surface area contributed by atoms with E-state index in [1.54, 1.807) is 0 Å². The molecule has 2 amide bonds. The van der Waals surface area contributed by atoms with Gasteiger partial charge in [-0.2, -0.15) is 0 Å². The Morgan fingerprint density at radius 2 is 1.73 bits per heavy atom. The molecule has 0 radical (unpaired) electrons. The standard InChI is InChI=1S/C23H28ClN3O3/c24-19-10-7-11-20(16-19)25-14-15-26-21(28)23(12-5-2-6-13-23)27-22(29)30-17-18-8-3-1-4-9-18/h1,3-4,7-11,16,25H,2,5-6,12-15,17H2,(H,26,28)(H,27,29). The Balaban J connectivity index is 1.50. The van der Waals surface area contributed by atoms with Crippen molar-refractivity contribution >= 4 is 29.3 Å². The zero-order chi connectivity index (χ0) is 21.2. The Hall–Kier alpha value is -2.73. The molecule has 0 heterocycles. The van der Waals surface area contributed by atoms with E-state index in [0.29, 0.717) is 31.0 Å². The van der Waals surface area contributed by atoms with Crippen molar-refractivity contribution in [3.8, 4) is 0 Å². The van der Waals surface area contributed by atoms with Crippen molar-refractivity contribution < 1.29 is 14.3 Å². The van der Waals surface area contributed by atoms with Crippen LogP contribution in [0.25, 0.3) is 0 Å². The highest BCUT2D eigenvalue weighted by Crippen LogP contribution is 2.28. The van der Waals surface area contributed by atoms with Crippen molar-refractivity contribution in [1.29, 1.82) is 0 Å². The molecule has 2 aromatic rings. The number of nitrogens with one attached hydrogen (secondary N) is 3. The fourth-order valence-corrected chi connectivity index (χ4v) is 3.86. The third-order valence-corrected chi connectivity index (χ3v) is 5.50. The minimum atomic E-state index is -0.915. The molecule has 0 unspecified atom stereocenters. The second-order valence-corrected chi connectivity index (χ2v) is 7.96.